The molecule has 0 saturated heterocycles. The van der Waals surface area contributed by atoms with Gasteiger partial charge in [0, 0.05) is 24.3 Å². The van der Waals surface area contributed by atoms with Crippen LogP contribution in [-0.2, 0) is 0 Å². The first-order valence-corrected chi connectivity index (χ1v) is 11.6. The third-order valence-electron chi connectivity index (χ3n) is 3.64. The normalized spacial score (nSPS) is 10.1. The van der Waals surface area contributed by atoms with Gasteiger partial charge in [0.2, 0.25) is 0 Å². The van der Waals surface area contributed by atoms with E-state index in [1.54, 1.807) is 24.3 Å². The molecule has 0 radical (unpaired) electrons. The number of nitrogens with zero attached hydrogens (tertiary/aromatic N) is 1. The monoisotopic (exact) mass is 544 g/mol. The molecule has 3 aromatic rings. The van der Waals surface area contributed by atoms with Crippen molar-refractivity contribution < 1.29 is 4.79 Å². The van der Waals surface area contributed by atoms with Crippen LogP contribution in [0.5, 0.6) is 0 Å². The molecule has 144 valence electrons. The molecule has 0 heterocycles. The van der Waals surface area contributed by atoms with Crippen molar-refractivity contribution in [2.75, 3.05) is 0 Å². The summed E-state index contributed by atoms with van der Waals surface area (Å²) in [5.41, 5.74) is 0.724. The van der Waals surface area contributed by atoms with Crippen LogP contribution >= 0.6 is 55.4 Å². The number of nitrogens with one attached hydrogen (secondary N) is 1. The Balaban J connectivity index is 1.93. The lowest BCUT2D eigenvalue weighted by Crippen LogP contribution is -2.22. The SMILES string of the molecule is N#CC(NC(=O)c1ccccc1)=C(Sc1ccc(Br)cc1)Sc1ccc(Br)cc1. The molecule has 1 amide bonds. The number of amides is 1. The van der Waals surface area contributed by atoms with Gasteiger partial charge in [-0.2, -0.15) is 5.26 Å². The number of nitriles is 1. The summed E-state index contributed by atoms with van der Waals surface area (Å²) in [5.74, 6) is -0.313. The summed E-state index contributed by atoms with van der Waals surface area (Å²) >= 11 is 9.74. The molecule has 0 aromatic heterocycles. The zero-order valence-corrected chi connectivity index (χ0v) is 19.7. The Labute approximate surface area is 194 Å². The van der Waals surface area contributed by atoms with Crippen molar-refractivity contribution in [2.45, 2.75) is 9.79 Å². The fourth-order valence-corrected chi connectivity index (χ4v) is 4.88. The Morgan fingerprint density at radius 2 is 1.28 bits per heavy atom. The minimum Gasteiger partial charge on any atom is -0.312 e. The molecule has 3 rings (SSSR count). The van der Waals surface area contributed by atoms with Crippen LogP contribution in [0.1, 0.15) is 10.4 Å². The first-order valence-electron chi connectivity index (χ1n) is 8.43. The quantitative estimate of drug-likeness (QED) is 0.262. The van der Waals surface area contributed by atoms with Crippen LogP contribution in [-0.4, -0.2) is 5.91 Å². The topological polar surface area (TPSA) is 52.9 Å². The van der Waals surface area contributed by atoms with E-state index in [0.29, 0.717) is 9.80 Å². The van der Waals surface area contributed by atoms with E-state index in [-0.39, 0.29) is 11.6 Å². The summed E-state index contributed by atoms with van der Waals surface area (Å²) in [4.78, 5) is 14.5. The van der Waals surface area contributed by atoms with Gasteiger partial charge in [-0.15, -0.1) is 0 Å². The maximum Gasteiger partial charge on any atom is 0.256 e. The summed E-state index contributed by atoms with van der Waals surface area (Å²) in [6.45, 7) is 0. The number of hydrogen-bond acceptors (Lipinski definition) is 4. The number of carbonyl (C=O) groups excluding carboxylic acids is 1. The zero-order chi connectivity index (χ0) is 20.6. The predicted octanol–water partition coefficient (Wildman–Crippen LogP) is 7.22. The Hall–Kier alpha value is -1.98. The standard InChI is InChI=1S/C22H14Br2N2OS2/c23-16-6-10-18(11-7-16)28-22(29-19-12-8-17(24)9-13-19)20(14-25)26-21(27)15-4-2-1-3-5-15/h1-13H,(H,26,27). The summed E-state index contributed by atoms with van der Waals surface area (Å²) in [7, 11) is 0. The third-order valence-corrected chi connectivity index (χ3v) is 6.99. The number of carbonyl (C=O) groups is 1. The maximum atomic E-state index is 12.6. The molecule has 0 bridgehead atoms. The number of allylic oxidation sites excluding steroid dienone is 1. The van der Waals surface area contributed by atoms with Gasteiger partial charge < -0.3 is 5.32 Å². The Morgan fingerprint density at radius 3 is 1.72 bits per heavy atom. The van der Waals surface area contributed by atoms with Gasteiger partial charge in [-0.05, 0) is 60.7 Å². The highest BCUT2D eigenvalue weighted by atomic mass is 79.9. The second-order valence-electron chi connectivity index (χ2n) is 5.71. The average Bonchev–Trinajstić information content (AvgIpc) is 2.75. The highest BCUT2D eigenvalue weighted by Gasteiger charge is 2.15. The van der Waals surface area contributed by atoms with E-state index in [9.17, 15) is 10.1 Å². The molecule has 0 unspecified atom stereocenters. The smallest absolute Gasteiger partial charge is 0.256 e. The number of benzene rings is 3. The van der Waals surface area contributed by atoms with Gasteiger partial charge in [-0.25, -0.2) is 0 Å². The van der Waals surface area contributed by atoms with Crippen molar-refractivity contribution in [2.24, 2.45) is 0 Å². The molecule has 7 heteroatoms. The van der Waals surface area contributed by atoms with Gasteiger partial charge in [-0.1, -0.05) is 73.6 Å². The number of halogens is 2. The lowest BCUT2D eigenvalue weighted by Gasteiger charge is -2.12. The fourth-order valence-electron chi connectivity index (χ4n) is 2.24. The molecule has 29 heavy (non-hydrogen) atoms. The molecule has 1 N–H and O–H groups in total. The Bertz CT molecular complexity index is 1010. The molecule has 3 aromatic carbocycles. The van der Waals surface area contributed by atoms with Crippen LogP contribution < -0.4 is 5.32 Å². The molecule has 3 nitrogen and oxygen atoms in total. The Kier molecular flexibility index (Phi) is 8.01. The third kappa shape index (κ3) is 6.51. The second-order valence-corrected chi connectivity index (χ2v) is 9.96. The molecule has 0 saturated carbocycles. The van der Waals surface area contributed by atoms with Gasteiger partial charge in [-0.3, -0.25) is 4.79 Å². The molecule has 0 aliphatic rings. The molecule has 0 fully saturated rings. The van der Waals surface area contributed by atoms with E-state index >= 15 is 0 Å². The summed E-state index contributed by atoms with van der Waals surface area (Å²) in [5, 5.41) is 12.5. The number of rotatable bonds is 6. The van der Waals surface area contributed by atoms with Crippen LogP contribution in [0.2, 0.25) is 0 Å². The highest BCUT2D eigenvalue weighted by molar-refractivity contribution is 9.10. The minimum atomic E-state index is -0.313. The van der Waals surface area contributed by atoms with Crippen LogP contribution in [0.25, 0.3) is 0 Å². The Morgan fingerprint density at radius 1 is 0.793 bits per heavy atom. The van der Waals surface area contributed by atoms with E-state index in [1.165, 1.54) is 23.5 Å². The van der Waals surface area contributed by atoms with E-state index in [1.807, 2.05) is 54.6 Å². The lowest BCUT2D eigenvalue weighted by molar-refractivity contribution is 0.0967. The molecule has 0 atom stereocenters. The van der Waals surface area contributed by atoms with Crippen LogP contribution in [0.15, 0.2) is 108 Å². The maximum absolute atomic E-state index is 12.6. The average molecular weight is 546 g/mol. The number of hydrogen-bond donors (Lipinski definition) is 1. The summed E-state index contributed by atoms with van der Waals surface area (Å²) in [6, 6.07) is 26.6. The van der Waals surface area contributed by atoms with Crippen LogP contribution in [0.4, 0.5) is 0 Å². The molecule has 0 aliphatic carbocycles. The first-order chi connectivity index (χ1) is 14.0. The van der Waals surface area contributed by atoms with Crippen molar-refractivity contribution in [1.29, 1.82) is 5.26 Å². The van der Waals surface area contributed by atoms with Gasteiger partial charge in [0.15, 0.2) is 0 Å². The highest BCUT2D eigenvalue weighted by Crippen LogP contribution is 2.41. The van der Waals surface area contributed by atoms with E-state index < -0.39 is 0 Å². The van der Waals surface area contributed by atoms with E-state index in [0.717, 1.165) is 18.7 Å². The van der Waals surface area contributed by atoms with Crippen molar-refractivity contribution in [3.05, 3.63) is 103 Å². The van der Waals surface area contributed by atoms with Gasteiger partial charge in [0.25, 0.3) is 5.91 Å². The van der Waals surface area contributed by atoms with Crippen LogP contribution in [0.3, 0.4) is 0 Å². The minimum absolute atomic E-state index is 0.222. The summed E-state index contributed by atoms with van der Waals surface area (Å²) in [6.07, 6.45) is 0. The molecule has 0 aliphatic heterocycles. The van der Waals surface area contributed by atoms with Gasteiger partial charge >= 0.3 is 0 Å². The van der Waals surface area contributed by atoms with Crippen molar-refractivity contribution in [1.82, 2.24) is 5.32 Å². The molecular formula is C22H14Br2N2OS2. The number of thioether (sulfide) groups is 2. The first kappa shape index (κ1) is 21.7. The van der Waals surface area contributed by atoms with Crippen molar-refractivity contribution in [3.63, 3.8) is 0 Å². The van der Waals surface area contributed by atoms with E-state index in [4.69, 9.17) is 0 Å². The lowest BCUT2D eigenvalue weighted by atomic mass is 10.2. The van der Waals surface area contributed by atoms with Crippen molar-refractivity contribution >= 4 is 61.3 Å². The predicted molar refractivity (Wildman–Crippen MR) is 127 cm³/mol. The molecule has 0 spiro atoms. The van der Waals surface area contributed by atoms with E-state index in [2.05, 4.69) is 43.2 Å². The second kappa shape index (κ2) is 10.7. The largest absolute Gasteiger partial charge is 0.312 e. The van der Waals surface area contributed by atoms with Crippen molar-refractivity contribution in [3.8, 4) is 6.07 Å². The van der Waals surface area contributed by atoms with Gasteiger partial charge in [0.1, 0.15) is 11.8 Å². The summed E-state index contributed by atoms with van der Waals surface area (Å²) < 4.78 is 2.65. The molecular weight excluding hydrogens is 532 g/mol. The zero-order valence-electron chi connectivity index (χ0n) is 14.9. The fraction of sp³-hybridized carbons (Fsp3) is 0. The van der Waals surface area contributed by atoms with Gasteiger partial charge in [0.05, 0.1) is 4.24 Å². The van der Waals surface area contributed by atoms with Crippen LogP contribution in [0, 0.1) is 11.3 Å².